The van der Waals surface area contributed by atoms with Gasteiger partial charge in [-0.15, -0.1) is 10.2 Å². The summed E-state index contributed by atoms with van der Waals surface area (Å²) in [6.07, 6.45) is 0. The van der Waals surface area contributed by atoms with Crippen molar-refractivity contribution in [2.45, 2.75) is 13.5 Å². The Morgan fingerprint density at radius 2 is 1.84 bits per heavy atom. The van der Waals surface area contributed by atoms with Gasteiger partial charge in [-0.1, -0.05) is 60.2 Å². The van der Waals surface area contributed by atoms with Crippen LogP contribution in [0.3, 0.4) is 0 Å². The van der Waals surface area contributed by atoms with Crippen molar-refractivity contribution >= 4 is 0 Å². The molecule has 0 saturated heterocycles. The van der Waals surface area contributed by atoms with E-state index in [4.69, 9.17) is 0 Å². The minimum Gasteiger partial charge on any atom is -0.159 e. The van der Waals surface area contributed by atoms with Gasteiger partial charge in [0.05, 0.1) is 6.54 Å². The van der Waals surface area contributed by atoms with Gasteiger partial charge in [-0.2, -0.15) is 4.80 Å². The van der Waals surface area contributed by atoms with Gasteiger partial charge in [0, 0.05) is 5.56 Å². The van der Waals surface area contributed by atoms with E-state index in [1.807, 2.05) is 36.4 Å². The van der Waals surface area contributed by atoms with E-state index in [-0.39, 0.29) is 0 Å². The maximum absolute atomic E-state index is 4.40. The first-order chi connectivity index (χ1) is 9.31. The largest absolute Gasteiger partial charge is 0.204 e. The van der Waals surface area contributed by atoms with E-state index in [1.165, 1.54) is 11.1 Å². The molecule has 4 heteroatoms. The van der Waals surface area contributed by atoms with Crippen molar-refractivity contribution in [3.05, 3.63) is 65.7 Å². The van der Waals surface area contributed by atoms with Crippen LogP contribution in [0, 0.1) is 6.92 Å². The highest BCUT2D eigenvalue weighted by molar-refractivity contribution is 5.52. The highest BCUT2D eigenvalue weighted by Gasteiger charge is 2.05. The van der Waals surface area contributed by atoms with Gasteiger partial charge >= 0.3 is 0 Å². The number of nitrogens with zero attached hydrogens (tertiary/aromatic N) is 4. The van der Waals surface area contributed by atoms with Gasteiger partial charge < -0.3 is 0 Å². The molecule has 94 valence electrons. The highest BCUT2D eigenvalue weighted by Crippen LogP contribution is 2.12. The van der Waals surface area contributed by atoms with Crippen molar-refractivity contribution in [1.82, 2.24) is 20.2 Å². The van der Waals surface area contributed by atoms with Crippen LogP contribution in [0.4, 0.5) is 0 Å². The summed E-state index contributed by atoms with van der Waals surface area (Å²) in [5.41, 5.74) is 3.40. The van der Waals surface area contributed by atoms with Crippen LogP contribution >= 0.6 is 0 Å². The quantitative estimate of drug-likeness (QED) is 0.717. The first kappa shape index (κ1) is 11.6. The number of aryl methyl sites for hydroxylation is 1. The van der Waals surface area contributed by atoms with E-state index in [1.54, 1.807) is 4.80 Å². The van der Waals surface area contributed by atoms with Crippen LogP contribution in [-0.4, -0.2) is 20.2 Å². The van der Waals surface area contributed by atoms with E-state index in [9.17, 15) is 0 Å². The van der Waals surface area contributed by atoms with Crippen LogP contribution in [0.25, 0.3) is 11.4 Å². The zero-order chi connectivity index (χ0) is 13.1. The predicted octanol–water partition coefficient (Wildman–Crippen LogP) is 2.70. The molecule has 0 aliphatic heterocycles. The zero-order valence-electron chi connectivity index (χ0n) is 10.7. The summed E-state index contributed by atoms with van der Waals surface area (Å²) >= 11 is 0. The Hall–Kier alpha value is -2.49. The second-order valence-electron chi connectivity index (χ2n) is 4.50. The van der Waals surface area contributed by atoms with Gasteiger partial charge in [0.2, 0.25) is 5.82 Å². The Morgan fingerprint density at radius 1 is 1.00 bits per heavy atom. The lowest BCUT2D eigenvalue weighted by Crippen LogP contribution is -2.04. The molecule has 0 radical (unpaired) electrons. The third-order valence-electron chi connectivity index (χ3n) is 2.89. The van der Waals surface area contributed by atoms with Crippen LogP contribution in [0.15, 0.2) is 54.6 Å². The first-order valence-electron chi connectivity index (χ1n) is 6.20. The van der Waals surface area contributed by atoms with Crippen molar-refractivity contribution in [1.29, 1.82) is 0 Å². The first-order valence-corrected chi connectivity index (χ1v) is 6.20. The second kappa shape index (κ2) is 5.02. The Labute approximate surface area is 111 Å². The van der Waals surface area contributed by atoms with Gasteiger partial charge in [0.1, 0.15) is 0 Å². The topological polar surface area (TPSA) is 43.6 Å². The smallest absolute Gasteiger partial charge is 0.159 e. The van der Waals surface area contributed by atoms with Crippen molar-refractivity contribution < 1.29 is 0 Å². The summed E-state index contributed by atoms with van der Waals surface area (Å²) in [7, 11) is 0. The van der Waals surface area contributed by atoms with E-state index in [0.29, 0.717) is 12.4 Å². The molecule has 0 aliphatic rings. The second-order valence-corrected chi connectivity index (χ2v) is 4.50. The summed E-state index contributed by atoms with van der Waals surface area (Å²) in [5.74, 6) is 0.660. The van der Waals surface area contributed by atoms with E-state index in [0.717, 1.165) is 5.56 Å². The molecule has 0 fully saturated rings. The molecule has 19 heavy (non-hydrogen) atoms. The van der Waals surface area contributed by atoms with Crippen molar-refractivity contribution in [2.75, 3.05) is 0 Å². The molecule has 0 atom stereocenters. The van der Waals surface area contributed by atoms with E-state index in [2.05, 4.69) is 40.5 Å². The molecule has 1 aromatic heterocycles. The molecule has 3 rings (SSSR count). The Bertz CT molecular complexity index is 673. The molecular formula is C15H14N4. The summed E-state index contributed by atoms with van der Waals surface area (Å²) in [5, 5.41) is 12.6. The molecular weight excluding hydrogens is 236 g/mol. The zero-order valence-corrected chi connectivity index (χ0v) is 10.7. The number of rotatable bonds is 3. The van der Waals surface area contributed by atoms with Gasteiger partial charge in [-0.05, 0) is 17.7 Å². The van der Waals surface area contributed by atoms with Crippen molar-refractivity contribution in [3.63, 3.8) is 0 Å². The minimum atomic E-state index is 0.640. The molecule has 2 aromatic carbocycles. The molecule has 1 heterocycles. The molecule has 3 aromatic rings. The van der Waals surface area contributed by atoms with Gasteiger partial charge in [0.25, 0.3) is 0 Å². The average molecular weight is 250 g/mol. The van der Waals surface area contributed by atoms with Gasteiger partial charge in [-0.25, -0.2) is 0 Å². The number of aromatic nitrogens is 4. The Balaban J connectivity index is 1.82. The van der Waals surface area contributed by atoms with Crippen LogP contribution in [-0.2, 0) is 6.54 Å². The molecule has 0 amide bonds. The van der Waals surface area contributed by atoms with Gasteiger partial charge in [-0.3, -0.25) is 0 Å². The molecule has 0 bridgehead atoms. The summed E-state index contributed by atoms with van der Waals surface area (Å²) in [6.45, 7) is 2.72. The number of hydrogen-bond donors (Lipinski definition) is 0. The van der Waals surface area contributed by atoms with Gasteiger partial charge in [0.15, 0.2) is 0 Å². The molecule has 4 nitrogen and oxygen atoms in total. The SMILES string of the molecule is Cc1cccc(Cn2nnc(-c3ccccc3)n2)c1. The monoisotopic (exact) mass is 250 g/mol. The summed E-state index contributed by atoms with van der Waals surface area (Å²) in [6, 6.07) is 18.2. The van der Waals surface area contributed by atoms with Crippen molar-refractivity contribution in [3.8, 4) is 11.4 Å². The van der Waals surface area contributed by atoms with E-state index >= 15 is 0 Å². The maximum atomic E-state index is 4.40. The fourth-order valence-electron chi connectivity index (χ4n) is 1.99. The number of tetrazole rings is 1. The van der Waals surface area contributed by atoms with E-state index < -0.39 is 0 Å². The number of benzene rings is 2. The third kappa shape index (κ3) is 2.68. The predicted molar refractivity (Wildman–Crippen MR) is 73.5 cm³/mol. The van der Waals surface area contributed by atoms with Crippen LogP contribution in [0.2, 0.25) is 0 Å². The standard InChI is InChI=1S/C15H14N4/c1-12-6-5-7-13(10-12)11-19-17-15(16-18-19)14-8-3-2-4-9-14/h2-10H,11H2,1H3. The normalized spacial score (nSPS) is 10.6. The van der Waals surface area contributed by atoms with Crippen LogP contribution < -0.4 is 0 Å². The third-order valence-corrected chi connectivity index (χ3v) is 2.89. The molecule has 0 saturated carbocycles. The lowest BCUT2D eigenvalue weighted by molar-refractivity contribution is 0.572. The fraction of sp³-hybridized carbons (Fsp3) is 0.133. The molecule has 0 spiro atoms. The van der Waals surface area contributed by atoms with Crippen LogP contribution in [0.1, 0.15) is 11.1 Å². The summed E-state index contributed by atoms with van der Waals surface area (Å²) < 4.78 is 0. The maximum Gasteiger partial charge on any atom is 0.204 e. The van der Waals surface area contributed by atoms with Crippen molar-refractivity contribution in [2.24, 2.45) is 0 Å². The highest BCUT2D eigenvalue weighted by atomic mass is 15.6. The molecule has 0 unspecified atom stereocenters. The minimum absolute atomic E-state index is 0.640. The Morgan fingerprint density at radius 3 is 2.63 bits per heavy atom. The fourth-order valence-corrected chi connectivity index (χ4v) is 1.99. The average Bonchev–Trinajstić information content (AvgIpc) is 2.88. The van der Waals surface area contributed by atoms with Crippen LogP contribution in [0.5, 0.6) is 0 Å². The summed E-state index contributed by atoms with van der Waals surface area (Å²) in [4.78, 5) is 1.62. The lowest BCUT2D eigenvalue weighted by Gasteiger charge is -2.00. The molecule has 0 aliphatic carbocycles. The number of hydrogen-bond acceptors (Lipinski definition) is 3. The molecule has 0 N–H and O–H groups in total. The lowest BCUT2D eigenvalue weighted by atomic mass is 10.1. The Kier molecular flexibility index (Phi) is 3.06.